The number of hydrogen-bond donors (Lipinski definition) is 4. The summed E-state index contributed by atoms with van der Waals surface area (Å²) in [6.45, 7) is 1.82. The van der Waals surface area contributed by atoms with Gasteiger partial charge in [0.25, 0.3) is 0 Å². The van der Waals surface area contributed by atoms with Gasteiger partial charge in [-0.15, -0.1) is 0 Å². The van der Waals surface area contributed by atoms with E-state index in [1.165, 1.54) is 6.07 Å². The zero-order chi connectivity index (χ0) is 15.4. The monoisotopic (exact) mass is 286 g/mol. The van der Waals surface area contributed by atoms with Crippen LogP contribution in [0.2, 0.25) is 0 Å². The largest absolute Gasteiger partial charge is 0.507 e. The van der Waals surface area contributed by atoms with Crippen LogP contribution in [-0.4, -0.2) is 23.0 Å². The maximum absolute atomic E-state index is 10.2. The van der Waals surface area contributed by atoms with Crippen molar-refractivity contribution in [3.8, 4) is 17.2 Å². The summed E-state index contributed by atoms with van der Waals surface area (Å²) in [5, 5.41) is 30.7. The minimum Gasteiger partial charge on any atom is -0.507 e. The number of hydrogen-bond acceptors (Lipinski definition) is 5. The fourth-order valence-corrected chi connectivity index (χ4v) is 2.10. The van der Waals surface area contributed by atoms with Crippen LogP contribution in [0.25, 0.3) is 0 Å². The first-order chi connectivity index (χ1) is 10.0. The fourth-order valence-electron chi connectivity index (χ4n) is 2.10. The fraction of sp³-hybridized carbons (Fsp3) is 0.188. The van der Waals surface area contributed by atoms with Gasteiger partial charge in [-0.1, -0.05) is 30.3 Å². The van der Waals surface area contributed by atoms with E-state index in [0.29, 0.717) is 0 Å². The smallest absolute Gasteiger partial charge is 0.182 e. The normalized spacial score (nSPS) is 10.2. The molecule has 0 aliphatic carbocycles. The van der Waals surface area contributed by atoms with Crippen LogP contribution in [0, 0.1) is 5.41 Å². The lowest BCUT2D eigenvalue weighted by molar-refractivity contribution is 0.287. The highest BCUT2D eigenvalue weighted by atomic mass is 16.5. The molecule has 2 aromatic rings. The Morgan fingerprint density at radius 2 is 1.90 bits per heavy atom. The molecule has 0 unspecified atom stereocenters. The Labute approximate surface area is 123 Å². The first-order valence-corrected chi connectivity index (χ1v) is 6.53. The molecule has 0 saturated carbocycles. The lowest BCUT2D eigenvalue weighted by atomic mass is 10.1. The standard InChI is InChI=1S/C16H18N2O3/c1-10(17)14-12(19)8-13(16(20)15(14)18-2)21-9-11-6-4-3-5-7-11/h3-8,17-20H,9H2,1-2H3. The summed E-state index contributed by atoms with van der Waals surface area (Å²) in [6, 6.07) is 10.9. The summed E-state index contributed by atoms with van der Waals surface area (Å²) in [6.07, 6.45) is 0. The van der Waals surface area contributed by atoms with E-state index in [4.69, 9.17) is 10.1 Å². The van der Waals surface area contributed by atoms with E-state index >= 15 is 0 Å². The third-order valence-electron chi connectivity index (χ3n) is 3.11. The van der Waals surface area contributed by atoms with Crippen molar-refractivity contribution in [1.29, 1.82) is 5.41 Å². The maximum Gasteiger partial charge on any atom is 0.182 e. The van der Waals surface area contributed by atoms with Gasteiger partial charge in [0.15, 0.2) is 11.5 Å². The molecule has 0 atom stereocenters. The number of ether oxygens (including phenoxy) is 1. The highest BCUT2D eigenvalue weighted by Crippen LogP contribution is 2.42. The van der Waals surface area contributed by atoms with E-state index < -0.39 is 0 Å². The second kappa shape index (κ2) is 6.17. The molecule has 2 rings (SSSR count). The number of aromatic hydroxyl groups is 2. The number of rotatable bonds is 5. The summed E-state index contributed by atoms with van der Waals surface area (Å²) < 4.78 is 5.56. The van der Waals surface area contributed by atoms with E-state index in [1.807, 2.05) is 30.3 Å². The first-order valence-electron chi connectivity index (χ1n) is 6.53. The van der Waals surface area contributed by atoms with E-state index in [1.54, 1.807) is 14.0 Å². The van der Waals surface area contributed by atoms with Crippen LogP contribution in [0.15, 0.2) is 36.4 Å². The Kier molecular flexibility index (Phi) is 4.33. The number of anilines is 1. The molecule has 21 heavy (non-hydrogen) atoms. The van der Waals surface area contributed by atoms with Gasteiger partial charge in [-0.3, -0.25) is 0 Å². The molecule has 0 bridgehead atoms. The minimum absolute atomic E-state index is 0.104. The summed E-state index contributed by atoms with van der Waals surface area (Å²) in [5.74, 6) is -0.0498. The molecule has 0 aromatic heterocycles. The third kappa shape index (κ3) is 3.08. The van der Waals surface area contributed by atoms with Crippen molar-refractivity contribution in [3.63, 3.8) is 0 Å². The third-order valence-corrected chi connectivity index (χ3v) is 3.11. The Balaban J connectivity index is 2.33. The number of benzene rings is 2. The highest BCUT2D eigenvalue weighted by Gasteiger charge is 2.19. The van der Waals surface area contributed by atoms with Gasteiger partial charge in [0.1, 0.15) is 12.4 Å². The molecule has 0 amide bonds. The maximum atomic E-state index is 10.2. The van der Waals surface area contributed by atoms with Gasteiger partial charge < -0.3 is 25.7 Å². The van der Waals surface area contributed by atoms with Crippen LogP contribution in [0.3, 0.4) is 0 Å². The van der Waals surface area contributed by atoms with E-state index in [9.17, 15) is 10.2 Å². The van der Waals surface area contributed by atoms with Gasteiger partial charge in [-0.25, -0.2) is 0 Å². The predicted octanol–water partition coefficient (Wildman–Crippen LogP) is 3.11. The predicted molar refractivity (Wildman–Crippen MR) is 82.6 cm³/mol. The molecule has 0 fully saturated rings. The lowest BCUT2D eigenvalue weighted by Gasteiger charge is -2.16. The summed E-state index contributed by atoms with van der Waals surface area (Å²) in [5.41, 5.74) is 1.66. The Morgan fingerprint density at radius 3 is 2.48 bits per heavy atom. The van der Waals surface area contributed by atoms with Crippen LogP contribution in [0.4, 0.5) is 5.69 Å². The van der Waals surface area contributed by atoms with Crippen molar-refractivity contribution < 1.29 is 14.9 Å². The Hall–Kier alpha value is -2.69. The van der Waals surface area contributed by atoms with Gasteiger partial charge in [0, 0.05) is 18.8 Å². The van der Waals surface area contributed by atoms with Crippen LogP contribution in [0.5, 0.6) is 17.2 Å². The molecule has 4 N–H and O–H groups in total. The molecular formula is C16H18N2O3. The van der Waals surface area contributed by atoms with Crippen molar-refractivity contribution in [3.05, 3.63) is 47.5 Å². The molecule has 5 heteroatoms. The van der Waals surface area contributed by atoms with E-state index in [2.05, 4.69) is 5.32 Å². The lowest BCUT2D eigenvalue weighted by Crippen LogP contribution is -2.03. The Morgan fingerprint density at radius 1 is 1.24 bits per heavy atom. The van der Waals surface area contributed by atoms with Gasteiger partial charge in [0.05, 0.1) is 11.3 Å². The van der Waals surface area contributed by atoms with Crippen molar-refractivity contribution in [2.75, 3.05) is 12.4 Å². The van der Waals surface area contributed by atoms with Crippen LogP contribution in [-0.2, 0) is 6.61 Å². The molecule has 0 radical (unpaired) electrons. The van der Waals surface area contributed by atoms with Crippen molar-refractivity contribution >= 4 is 11.4 Å². The molecule has 110 valence electrons. The van der Waals surface area contributed by atoms with Crippen LogP contribution in [0.1, 0.15) is 18.1 Å². The molecule has 0 aliphatic heterocycles. The van der Waals surface area contributed by atoms with Crippen LogP contribution < -0.4 is 10.1 Å². The molecule has 0 aliphatic rings. The summed E-state index contributed by atoms with van der Waals surface area (Å²) in [7, 11) is 1.61. The second-order valence-electron chi connectivity index (χ2n) is 4.64. The van der Waals surface area contributed by atoms with Crippen LogP contribution >= 0.6 is 0 Å². The van der Waals surface area contributed by atoms with Gasteiger partial charge in [0.2, 0.25) is 0 Å². The van der Waals surface area contributed by atoms with Crippen molar-refractivity contribution in [2.45, 2.75) is 13.5 Å². The van der Waals surface area contributed by atoms with Crippen molar-refractivity contribution in [1.82, 2.24) is 0 Å². The molecule has 0 spiro atoms. The first kappa shape index (κ1) is 14.7. The zero-order valence-corrected chi connectivity index (χ0v) is 12.0. The number of phenols is 2. The number of phenolic OH excluding ortho intramolecular Hbond substituents is 2. The molecule has 0 saturated heterocycles. The second-order valence-corrected chi connectivity index (χ2v) is 4.64. The van der Waals surface area contributed by atoms with E-state index in [-0.39, 0.29) is 40.8 Å². The summed E-state index contributed by atoms with van der Waals surface area (Å²) in [4.78, 5) is 0. The molecular weight excluding hydrogens is 268 g/mol. The molecule has 0 heterocycles. The quantitative estimate of drug-likeness (QED) is 0.386. The van der Waals surface area contributed by atoms with E-state index in [0.717, 1.165) is 5.56 Å². The summed E-state index contributed by atoms with van der Waals surface area (Å²) >= 11 is 0. The van der Waals surface area contributed by atoms with Gasteiger partial charge in [-0.2, -0.15) is 0 Å². The zero-order valence-electron chi connectivity index (χ0n) is 12.0. The number of nitrogens with one attached hydrogen (secondary N) is 2. The highest BCUT2D eigenvalue weighted by molar-refractivity contribution is 6.05. The Bertz CT molecular complexity index is 654. The minimum atomic E-state index is -0.118. The van der Waals surface area contributed by atoms with Crippen molar-refractivity contribution in [2.24, 2.45) is 0 Å². The van der Waals surface area contributed by atoms with Gasteiger partial charge >= 0.3 is 0 Å². The SMILES string of the molecule is CNc1c(O)c(OCc2ccccc2)cc(O)c1C(C)=N. The topological polar surface area (TPSA) is 85.6 Å². The molecule has 2 aromatic carbocycles. The molecule has 5 nitrogen and oxygen atoms in total. The average molecular weight is 286 g/mol. The van der Waals surface area contributed by atoms with Gasteiger partial charge in [-0.05, 0) is 12.5 Å². The average Bonchev–Trinajstić information content (AvgIpc) is 2.48.